The predicted octanol–water partition coefficient (Wildman–Crippen LogP) is 1.54. The predicted molar refractivity (Wildman–Crippen MR) is 38.4 cm³/mol. The molecule has 0 atom stereocenters. The molecule has 1 saturated heterocycles. The average molecular weight is 125 g/mol. The lowest BCUT2D eigenvalue weighted by Gasteiger charge is -2.45. The van der Waals surface area contributed by atoms with E-state index in [0.29, 0.717) is 0 Å². The Morgan fingerprint density at radius 2 is 1.78 bits per heavy atom. The highest BCUT2D eigenvalue weighted by Crippen LogP contribution is 2.45. The van der Waals surface area contributed by atoms with Crippen molar-refractivity contribution in [3.63, 3.8) is 0 Å². The summed E-state index contributed by atoms with van der Waals surface area (Å²) in [5.41, 5.74) is 0.790. The molecule has 0 amide bonds. The van der Waals surface area contributed by atoms with Crippen molar-refractivity contribution in [1.29, 1.82) is 0 Å². The second kappa shape index (κ2) is 1.98. The van der Waals surface area contributed by atoms with Crippen LogP contribution in [-0.4, -0.2) is 13.1 Å². The quantitative estimate of drug-likeness (QED) is 0.518. The summed E-state index contributed by atoms with van der Waals surface area (Å²) in [7, 11) is 0. The molecule has 2 rings (SSSR count). The van der Waals surface area contributed by atoms with Gasteiger partial charge in [-0.2, -0.15) is 0 Å². The highest BCUT2D eigenvalue weighted by Gasteiger charge is 2.37. The van der Waals surface area contributed by atoms with Crippen molar-refractivity contribution in [3.05, 3.63) is 0 Å². The maximum absolute atomic E-state index is 3.48. The zero-order valence-electron chi connectivity index (χ0n) is 5.95. The third-order valence-electron chi connectivity index (χ3n) is 2.97. The Kier molecular flexibility index (Phi) is 1.26. The summed E-state index contributed by atoms with van der Waals surface area (Å²) in [6.45, 7) is 2.58. The average Bonchev–Trinajstić information content (AvgIpc) is 1.87. The minimum atomic E-state index is 0.790. The highest BCUT2D eigenvalue weighted by atomic mass is 14.9. The van der Waals surface area contributed by atoms with Crippen LogP contribution in [0.15, 0.2) is 0 Å². The first-order chi connectivity index (χ1) is 4.41. The summed E-state index contributed by atoms with van der Waals surface area (Å²) >= 11 is 0. The molecule has 1 saturated carbocycles. The van der Waals surface area contributed by atoms with Gasteiger partial charge in [-0.15, -0.1) is 0 Å². The summed E-state index contributed by atoms with van der Waals surface area (Å²) in [4.78, 5) is 0. The topological polar surface area (TPSA) is 12.0 Å². The third-order valence-corrected chi connectivity index (χ3v) is 2.97. The Morgan fingerprint density at radius 3 is 2.11 bits per heavy atom. The van der Waals surface area contributed by atoms with Gasteiger partial charge in [-0.3, -0.25) is 0 Å². The van der Waals surface area contributed by atoms with E-state index in [4.69, 9.17) is 0 Å². The number of hydrogen-bond acceptors (Lipinski definition) is 1. The Bertz CT molecular complexity index is 97.1. The van der Waals surface area contributed by atoms with E-state index in [2.05, 4.69) is 5.32 Å². The van der Waals surface area contributed by atoms with E-state index in [-0.39, 0.29) is 0 Å². The van der Waals surface area contributed by atoms with E-state index in [1.54, 1.807) is 0 Å². The van der Waals surface area contributed by atoms with Crippen molar-refractivity contribution in [2.75, 3.05) is 13.1 Å². The Balaban J connectivity index is 1.93. The molecule has 1 N–H and O–H groups in total. The van der Waals surface area contributed by atoms with Gasteiger partial charge in [-0.05, 0) is 37.6 Å². The fraction of sp³-hybridized carbons (Fsp3) is 1.00. The lowest BCUT2D eigenvalue weighted by atomic mass is 9.65. The van der Waals surface area contributed by atoms with Crippen molar-refractivity contribution in [3.8, 4) is 0 Å². The van der Waals surface area contributed by atoms with Crippen LogP contribution in [0.5, 0.6) is 0 Å². The van der Waals surface area contributed by atoms with Gasteiger partial charge in [0.2, 0.25) is 0 Å². The van der Waals surface area contributed by atoms with Crippen molar-refractivity contribution >= 4 is 0 Å². The van der Waals surface area contributed by atoms with Gasteiger partial charge in [0, 0.05) is 6.54 Å². The van der Waals surface area contributed by atoms with Crippen LogP contribution < -0.4 is 5.32 Å². The molecule has 1 heteroatoms. The molecule has 1 aliphatic carbocycles. The van der Waals surface area contributed by atoms with Crippen molar-refractivity contribution < 1.29 is 0 Å². The minimum absolute atomic E-state index is 0.790. The van der Waals surface area contributed by atoms with Gasteiger partial charge in [0.1, 0.15) is 0 Å². The molecule has 0 bridgehead atoms. The van der Waals surface area contributed by atoms with Gasteiger partial charge in [0.15, 0.2) is 0 Å². The number of rotatable bonds is 0. The van der Waals surface area contributed by atoms with Crippen LogP contribution in [0, 0.1) is 5.41 Å². The summed E-state index contributed by atoms with van der Waals surface area (Å²) < 4.78 is 0. The molecule has 1 spiro atoms. The Morgan fingerprint density at radius 1 is 1.00 bits per heavy atom. The zero-order valence-corrected chi connectivity index (χ0v) is 5.95. The molecule has 0 unspecified atom stereocenters. The number of hydrogen-bond donors (Lipinski definition) is 1. The summed E-state index contributed by atoms with van der Waals surface area (Å²) in [5.74, 6) is 0. The fourth-order valence-electron chi connectivity index (χ4n) is 2.13. The molecule has 52 valence electrons. The summed E-state index contributed by atoms with van der Waals surface area (Å²) in [6.07, 6.45) is 7.40. The van der Waals surface area contributed by atoms with Crippen molar-refractivity contribution in [2.45, 2.75) is 32.1 Å². The fourth-order valence-corrected chi connectivity index (χ4v) is 2.13. The Hall–Kier alpha value is -0.0400. The van der Waals surface area contributed by atoms with E-state index in [0.717, 1.165) is 5.41 Å². The maximum atomic E-state index is 3.48. The van der Waals surface area contributed by atoms with Gasteiger partial charge in [-0.1, -0.05) is 6.42 Å². The van der Waals surface area contributed by atoms with Crippen LogP contribution >= 0.6 is 0 Å². The van der Waals surface area contributed by atoms with Crippen molar-refractivity contribution in [1.82, 2.24) is 5.32 Å². The molecule has 0 aromatic carbocycles. The van der Waals surface area contributed by atoms with Crippen LogP contribution in [0.3, 0.4) is 0 Å². The molecule has 1 aliphatic heterocycles. The lowest BCUT2D eigenvalue weighted by molar-refractivity contribution is 0.0935. The van der Waals surface area contributed by atoms with E-state index in [9.17, 15) is 0 Å². The SMILES string of the molecule is C1CNCC2(C1)CCC2. The van der Waals surface area contributed by atoms with E-state index in [1.165, 1.54) is 45.2 Å². The van der Waals surface area contributed by atoms with Crippen LogP contribution in [-0.2, 0) is 0 Å². The molecule has 0 aromatic heterocycles. The molecule has 9 heavy (non-hydrogen) atoms. The first-order valence-electron chi connectivity index (χ1n) is 4.12. The van der Waals surface area contributed by atoms with Crippen LogP contribution in [0.2, 0.25) is 0 Å². The smallest absolute Gasteiger partial charge is 0.000781 e. The van der Waals surface area contributed by atoms with Crippen molar-refractivity contribution in [2.24, 2.45) is 5.41 Å². The second-order valence-corrected chi connectivity index (χ2v) is 3.63. The molecule has 2 aliphatic rings. The summed E-state index contributed by atoms with van der Waals surface area (Å²) in [5, 5.41) is 3.48. The van der Waals surface area contributed by atoms with Gasteiger partial charge in [-0.25, -0.2) is 0 Å². The Labute approximate surface area is 56.8 Å². The van der Waals surface area contributed by atoms with Crippen LogP contribution in [0.4, 0.5) is 0 Å². The summed E-state index contributed by atoms with van der Waals surface area (Å²) in [6, 6.07) is 0. The van der Waals surface area contributed by atoms with Crippen LogP contribution in [0.1, 0.15) is 32.1 Å². The standard InChI is InChI=1S/C8H15N/c1-3-8(4-1)5-2-6-9-7-8/h9H,1-7H2. The normalized spacial score (nSPS) is 32.0. The monoisotopic (exact) mass is 125 g/mol. The maximum Gasteiger partial charge on any atom is 0.000781 e. The van der Waals surface area contributed by atoms with Crippen LogP contribution in [0.25, 0.3) is 0 Å². The first-order valence-corrected chi connectivity index (χ1v) is 4.12. The second-order valence-electron chi connectivity index (χ2n) is 3.63. The van der Waals surface area contributed by atoms with Gasteiger partial charge in [0.25, 0.3) is 0 Å². The van der Waals surface area contributed by atoms with Gasteiger partial charge < -0.3 is 5.32 Å². The molecular weight excluding hydrogens is 110 g/mol. The first kappa shape index (κ1) is 5.72. The largest absolute Gasteiger partial charge is 0.316 e. The molecule has 0 aromatic rings. The molecular formula is C8H15N. The molecule has 0 radical (unpaired) electrons. The van der Waals surface area contributed by atoms with Gasteiger partial charge in [0.05, 0.1) is 0 Å². The third kappa shape index (κ3) is 0.877. The lowest BCUT2D eigenvalue weighted by Crippen LogP contribution is -2.44. The van der Waals surface area contributed by atoms with E-state index in [1.807, 2.05) is 0 Å². The van der Waals surface area contributed by atoms with Gasteiger partial charge >= 0.3 is 0 Å². The molecule has 2 fully saturated rings. The highest BCUT2D eigenvalue weighted by molar-refractivity contribution is 4.91. The molecule has 1 nitrogen and oxygen atoms in total. The van der Waals surface area contributed by atoms with E-state index >= 15 is 0 Å². The van der Waals surface area contributed by atoms with E-state index < -0.39 is 0 Å². The molecule has 1 heterocycles. The number of piperidine rings is 1. The minimum Gasteiger partial charge on any atom is -0.316 e. The number of nitrogens with one attached hydrogen (secondary N) is 1. The zero-order chi connectivity index (χ0) is 6.16.